The molecule has 0 bridgehead atoms. The third-order valence-electron chi connectivity index (χ3n) is 18.1. The van der Waals surface area contributed by atoms with Gasteiger partial charge in [0.25, 0.3) is 0 Å². The van der Waals surface area contributed by atoms with Gasteiger partial charge < -0.3 is 23.7 Å². The Kier molecular flexibility index (Phi) is 54.4. The van der Waals surface area contributed by atoms with Crippen molar-refractivity contribution in [2.24, 2.45) is 0 Å². The molecule has 0 saturated heterocycles. The summed E-state index contributed by atoms with van der Waals surface area (Å²) in [4.78, 5) is 60.8. The lowest BCUT2D eigenvalue weighted by atomic mass is 10.0. The van der Waals surface area contributed by atoms with Crippen molar-refractivity contribution >= 4 is 93.0 Å². The average Bonchev–Trinajstić information content (AvgIpc) is 0.872. The standard InChI is InChI=1S/5C19H20FO2S.5FH/c5*1-2-3-4-5-6-14-7-9-15(10-8-14)19(21)22-16-11-12-18(23)17(20)13-16;;;;;/h5*7-13H,2-6H2,1H3;5*1H. The minimum atomic E-state index is -0.562. The molecule has 0 spiro atoms. The zero-order valence-electron chi connectivity index (χ0n) is 67.9. The van der Waals surface area contributed by atoms with Crippen molar-refractivity contribution in [2.75, 3.05) is 0 Å². The minimum Gasteiger partial charge on any atom is -0.423 e. The smallest absolute Gasteiger partial charge is 0.343 e. The zero-order chi connectivity index (χ0) is 83.3. The van der Waals surface area contributed by atoms with E-state index in [9.17, 15) is 45.9 Å². The van der Waals surface area contributed by atoms with Crippen molar-refractivity contribution in [3.05, 3.63) is 297 Å². The van der Waals surface area contributed by atoms with E-state index in [1.165, 1.54) is 185 Å². The van der Waals surface area contributed by atoms with Crippen LogP contribution in [0.4, 0.5) is 45.5 Å². The Labute approximate surface area is 726 Å². The molecule has 0 N–H and O–H groups in total. The maximum atomic E-state index is 13.4. The van der Waals surface area contributed by atoms with E-state index in [1.54, 1.807) is 60.7 Å². The molecule has 0 aliphatic carbocycles. The number of rotatable bonds is 35. The van der Waals surface area contributed by atoms with Crippen LogP contribution in [-0.4, -0.2) is 29.8 Å². The molecule has 5 radical (unpaired) electrons. The summed E-state index contributed by atoms with van der Waals surface area (Å²) in [5.74, 6) is -4.53. The van der Waals surface area contributed by atoms with Crippen LogP contribution in [0.2, 0.25) is 0 Å². The number of carbonyl (C=O) groups is 5. The second kappa shape index (κ2) is 60.4. The largest absolute Gasteiger partial charge is 0.423 e. The molecule has 0 aliphatic rings. The summed E-state index contributed by atoms with van der Waals surface area (Å²) in [6.07, 6.45) is 29.4. The lowest BCUT2D eigenvalue weighted by Crippen LogP contribution is -2.08. The minimum absolute atomic E-state index is 0. The Hall–Kier alpha value is -10.1. The first kappa shape index (κ1) is 108. The number of aryl methyl sites for hydroxylation is 5. The first-order valence-corrected chi connectivity index (χ1v) is 41.4. The predicted octanol–water partition coefficient (Wildman–Crippen LogP) is 29.4. The second-order valence-electron chi connectivity index (χ2n) is 27.4. The van der Waals surface area contributed by atoms with Gasteiger partial charge in [0.15, 0.2) is 0 Å². The molecule has 0 saturated carbocycles. The summed E-state index contributed by atoms with van der Waals surface area (Å²) in [6.45, 7) is 10.9. The first-order chi connectivity index (χ1) is 55.5. The van der Waals surface area contributed by atoms with Crippen LogP contribution in [0.25, 0.3) is 0 Å². The third-order valence-corrected chi connectivity index (χ3v) is 19.8. The van der Waals surface area contributed by atoms with E-state index < -0.39 is 58.9 Å². The van der Waals surface area contributed by atoms with Gasteiger partial charge in [-0.25, -0.2) is 45.9 Å². The summed E-state index contributed by atoms with van der Waals surface area (Å²) in [5.41, 5.74) is 8.28. The van der Waals surface area contributed by atoms with E-state index >= 15 is 0 Å². The fourth-order valence-electron chi connectivity index (χ4n) is 11.4. The molecule has 25 heteroatoms. The SMILES string of the molecule is CCCCCCc1ccc(C(=O)Oc2ccc([S])c(F)c2)cc1.CCCCCCc1ccc(C(=O)Oc2ccc([S])c(F)c2)cc1.CCCCCCc1ccc(C(=O)Oc2ccc([S])c(F)c2)cc1.CCCCCCc1ccc(C(=O)Oc2ccc([S])c(F)c2)cc1.CCCCCCc1ccc(C(=O)Oc2ccc([S])c(F)c2)cc1.F.F.F.F.F. The highest BCUT2D eigenvalue weighted by atomic mass is 32.1. The summed E-state index contributed by atoms with van der Waals surface area (Å²) in [7, 11) is 0. The van der Waals surface area contributed by atoms with E-state index in [4.69, 9.17) is 86.8 Å². The quantitative estimate of drug-likeness (QED) is 0.0164. The molecule has 10 rings (SSSR count). The number of benzene rings is 10. The van der Waals surface area contributed by atoms with Gasteiger partial charge in [0.1, 0.15) is 57.8 Å². The van der Waals surface area contributed by atoms with Gasteiger partial charge in [-0.05, 0) is 213 Å². The van der Waals surface area contributed by atoms with Crippen molar-refractivity contribution in [1.82, 2.24) is 0 Å². The second-order valence-corrected chi connectivity index (χ2v) is 29.6. The lowest BCUT2D eigenvalue weighted by Gasteiger charge is -2.06. The maximum absolute atomic E-state index is 13.4. The Bertz CT molecular complexity index is 3960. The number of esters is 5. The fraction of sp³-hybridized carbons (Fsp3) is 0.316. The topological polar surface area (TPSA) is 132 Å². The average molecular weight is 1760 g/mol. The molecule has 0 aromatic heterocycles. The van der Waals surface area contributed by atoms with E-state index in [2.05, 4.69) is 34.6 Å². The normalized spacial score (nSPS) is 10.1. The molecule has 645 valence electrons. The van der Waals surface area contributed by atoms with E-state index in [1.807, 2.05) is 60.7 Å². The highest BCUT2D eigenvalue weighted by Crippen LogP contribution is 2.27. The summed E-state index contributed by atoms with van der Waals surface area (Å²) >= 11 is 23.8. The van der Waals surface area contributed by atoms with Crippen molar-refractivity contribution in [2.45, 2.75) is 220 Å². The van der Waals surface area contributed by atoms with Crippen LogP contribution in [0.15, 0.2) is 237 Å². The zero-order valence-corrected chi connectivity index (χ0v) is 72.0. The molecule has 0 amide bonds. The number of ether oxygens (including phenoxy) is 5. The Morgan fingerprint density at radius 1 is 0.217 bits per heavy atom. The molecule has 0 unspecified atom stereocenters. The fourth-order valence-corrected chi connectivity index (χ4v) is 12.0. The molecule has 10 aromatic carbocycles. The molecular formula is C95H105F10O10S5. The van der Waals surface area contributed by atoms with Crippen molar-refractivity contribution in [3.63, 3.8) is 0 Å². The maximum Gasteiger partial charge on any atom is 0.343 e. The number of halogens is 10. The summed E-state index contributed by atoms with van der Waals surface area (Å²) in [5, 5.41) is 0. The van der Waals surface area contributed by atoms with Crippen LogP contribution in [-0.2, 0) is 32.1 Å². The molecular weight excluding hydrogens is 1650 g/mol. The van der Waals surface area contributed by atoms with E-state index in [0.717, 1.165) is 94.5 Å². The van der Waals surface area contributed by atoms with Crippen LogP contribution < -0.4 is 23.7 Å². The van der Waals surface area contributed by atoms with Crippen LogP contribution in [0.5, 0.6) is 28.7 Å². The highest BCUT2D eigenvalue weighted by molar-refractivity contribution is 7.81. The van der Waals surface area contributed by atoms with Gasteiger partial charge in [0.2, 0.25) is 0 Å². The number of unbranched alkanes of at least 4 members (excludes halogenated alkanes) is 15. The highest BCUT2D eigenvalue weighted by Gasteiger charge is 2.17. The molecule has 0 atom stereocenters. The monoisotopic (exact) mass is 1760 g/mol. The van der Waals surface area contributed by atoms with Gasteiger partial charge in [0.05, 0.1) is 52.3 Å². The number of hydrogen-bond acceptors (Lipinski definition) is 10. The molecule has 0 aliphatic heterocycles. The summed E-state index contributed by atoms with van der Waals surface area (Å²) < 4.78 is 92.6. The number of hydrogen-bond donors (Lipinski definition) is 0. The van der Waals surface area contributed by atoms with Crippen molar-refractivity contribution in [3.8, 4) is 28.7 Å². The third kappa shape index (κ3) is 40.3. The molecule has 0 fully saturated rings. The van der Waals surface area contributed by atoms with Crippen molar-refractivity contribution < 1.29 is 93.1 Å². The first-order valence-electron chi connectivity index (χ1n) is 39.4. The van der Waals surface area contributed by atoms with Gasteiger partial charge >= 0.3 is 29.8 Å². The Morgan fingerprint density at radius 3 is 0.483 bits per heavy atom. The van der Waals surface area contributed by atoms with Gasteiger partial charge in [-0.15, -0.1) is 0 Å². The predicted molar refractivity (Wildman–Crippen MR) is 470 cm³/mol. The van der Waals surface area contributed by atoms with E-state index in [0.29, 0.717) is 27.8 Å². The van der Waals surface area contributed by atoms with Crippen LogP contribution in [0, 0.1) is 29.1 Å². The lowest BCUT2D eigenvalue weighted by molar-refractivity contribution is 0.0724. The van der Waals surface area contributed by atoms with Crippen LogP contribution in [0.3, 0.4) is 0 Å². The number of carbonyl (C=O) groups excluding carboxylic acids is 5. The van der Waals surface area contributed by atoms with Crippen LogP contribution >= 0.6 is 63.1 Å². The van der Waals surface area contributed by atoms with Crippen molar-refractivity contribution in [1.29, 1.82) is 0 Å². The van der Waals surface area contributed by atoms with Gasteiger partial charge in [-0.1, -0.05) is 255 Å². The molecule has 120 heavy (non-hydrogen) atoms. The molecule has 0 heterocycles. The Balaban J connectivity index is 0.000000742. The van der Waals surface area contributed by atoms with Gasteiger partial charge in [-0.3, -0.25) is 23.5 Å². The van der Waals surface area contributed by atoms with Gasteiger partial charge in [0, 0.05) is 30.3 Å². The Morgan fingerprint density at radius 2 is 0.358 bits per heavy atom. The molecule has 10 nitrogen and oxygen atoms in total. The van der Waals surface area contributed by atoms with E-state index in [-0.39, 0.29) is 76.7 Å². The van der Waals surface area contributed by atoms with Gasteiger partial charge in [-0.2, -0.15) is 0 Å². The summed E-state index contributed by atoms with van der Waals surface area (Å²) in [6, 6.07) is 57.0. The van der Waals surface area contributed by atoms with Crippen LogP contribution in [0.1, 0.15) is 243 Å². The molecule has 10 aromatic rings.